The van der Waals surface area contributed by atoms with Crippen LogP contribution in [0.2, 0.25) is 0 Å². The zero-order valence-electron chi connectivity index (χ0n) is 32.9. The van der Waals surface area contributed by atoms with Gasteiger partial charge in [-0.2, -0.15) is 0 Å². The van der Waals surface area contributed by atoms with Crippen molar-refractivity contribution in [2.45, 2.75) is 19.3 Å². The van der Waals surface area contributed by atoms with Crippen LogP contribution in [-0.2, 0) is 5.41 Å². The van der Waals surface area contributed by atoms with Crippen molar-refractivity contribution in [3.8, 4) is 22.3 Å². The van der Waals surface area contributed by atoms with Gasteiger partial charge in [-0.25, -0.2) is 0 Å². The molecule has 0 bridgehead atoms. The number of para-hydroxylation sites is 3. The molecule has 0 spiro atoms. The van der Waals surface area contributed by atoms with Gasteiger partial charge < -0.3 is 9.38 Å². The van der Waals surface area contributed by atoms with Crippen molar-refractivity contribution in [2.75, 3.05) is 4.90 Å². The fourth-order valence-electron chi connectivity index (χ4n) is 12.3. The minimum absolute atomic E-state index is 0.0319. The highest BCUT2D eigenvalue weighted by molar-refractivity contribution is 7.21. The van der Waals surface area contributed by atoms with E-state index in [1.54, 1.807) is 0 Å². The Morgan fingerprint density at radius 2 is 1.14 bits per heavy atom. The number of aromatic nitrogens is 1. The molecule has 1 aromatic heterocycles. The first-order chi connectivity index (χ1) is 29.1. The first-order valence-electron chi connectivity index (χ1n) is 21.0. The Balaban J connectivity index is 1.22. The Bertz CT molecular complexity index is 3450. The Morgan fingerprint density at radius 1 is 0.492 bits per heavy atom. The van der Waals surface area contributed by atoms with Crippen LogP contribution in [0.1, 0.15) is 25.0 Å². The van der Waals surface area contributed by atoms with E-state index in [1.807, 2.05) is 0 Å². The quantitative estimate of drug-likeness (QED) is 0.160. The topological polar surface area (TPSA) is 8.17 Å². The summed E-state index contributed by atoms with van der Waals surface area (Å²) in [4.78, 5) is 2.76. The lowest BCUT2D eigenvalue weighted by atomic mass is 9.44. The lowest BCUT2D eigenvalue weighted by Crippen LogP contribution is -2.78. The van der Waals surface area contributed by atoms with Gasteiger partial charge >= 0.3 is 6.85 Å². The van der Waals surface area contributed by atoms with E-state index in [0.717, 1.165) is 0 Å². The lowest BCUT2D eigenvalue weighted by Gasteiger charge is -2.50. The molecule has 4 heterocycles. The second-order valence-electron chi connectivity index (χ2n) is 17.5. The maximum absolute atomic E-state index is 2.87. The minimum Gasteiger partial charge on any atom is -0.375 e. The Hall–Kier alpha value is -6.88. The number of rotatable bonds is 2. The minimum atomic E-state index is -2.87. The third-order valence-corrected chi connectivity index (χ3v) is 19.4. The second-order valence-corrected chi connectivity index (χ2v) is 21.3. The molecule has 14 rings (SSSR count). The maximum Gasteiger partial charge on any atom is 0.333 e. The zero-order chi connectivity index (χ0) is 38.8. The molecule has 0 radical (unpaired) electrons. The van der Waals surface area contributed by atoms with Gasteiger partial charge in [0.2, 0.25) is 0 Å². The van der Waals surface area contributed by atoms with Gasteiger partial charge in [0.1, 0.15) is 0 Å². The summed E-state index contributed by atoms with van der Waals surface area (Å²) in [6, 6.07) is 72.3. The maximum atomic E-state index is 2.76. The van der Waals surface area contributed by atoms with Crippen LogP contribution in [0.25, 0.3) is 54.8 Å². The fraction of sp³-hybridized carbons (Fsp3) is 0.0545. The van der Waals surface area contributed by atoms with E-state index in [-0.39, 0.29) is 12.3 Å². The normalized spacial score (nSPS) is 15.5. The van der Waals surface area contributed by atoms with Crippen LogP contribution >= 0.6 is 0 Å². The standard InChI is InChI=1S/C55H37BN2Si/c1-55(2)44-26-12-11-23-38(44)42-33-43-40-25-15-24-39-41-31-34-17-9-10-18-35(34)32-47(41)58(52(39)40)56-45-27-16-30-49-53(45)57(54(50(42)55)51(43)56)46-28-13-14-29-48(46)59(49,36-19-5-3-6-20-36)37-21-7-4-8-22-37/h3-33H,1-2H3. The van der Waals surface area contributed by atoms with E-state index in [0.29, 0.717) is 0 Å². The monoisotopic (exact) mass is 764 g/mol. The highest BCUT2D eigenvalue weighted by atomic mass is 28.3. The molecule has 9 aromatic carbocycles. The summed E-state index contributed by atoms with van der Waals surface area (Å²) in [7, 11) is -2.87. The van der Waals surface area contributed by atoms with E-state index in [4.69, 9.17) is 0 Å². The second kappa shape index (κ2) is 11.0. The lowest BCUT2D eigenvalue weighted by molar-refractivity contribution is 0.661. The molecule has 0 amide bonds. The molecular formula is C55H37BN2Si. The van der Waals surface area contributed by atoms with Crippen molar-refractivity contribution in [3.05, 3.63) is 199 Å². The summed E-state index contributed by atoms with van der Waals surface area (Å²) in [6.45, 7) is 4.90. The van der Waals surface area contributed by atoms with Gasteiger partial charge in [0, 0.05) is 49.8 Å². The molecule has 1 aliphatic carbocycles. The van der Waals surface area contributed by atoms with Gasteiger partial charge in [0.05, 0.1) is 0 Å². The highest BCUT2D eigenvalue weighted by Crippen LogP contribution is 2.57. The van der Waals surface area contributed by atoms with Gasteiger partial charge in [0.25, 0.3) is 0 Å². The summed E-state index contributed by atoms with van der Waals surface area (Å²) >= 11 is 0. The first kappa shape index (κ1) is 32.1. The van der Waals surface area contributed by atoms with Crippen LogP contribution in [-0.4, -0.2) is 19.4 Å². The number of hydrogen-bond acceptors (Lipinski definition) is 1. The van der Waals surface area contributed by atoms with Crippen molar-refractivity contribution in [3.63, 3.8) is 0 Å². The molecule has 3 aliphatic heterocycles. The summed E-state index contributed by atoms with van der Waals surface area (Å²) in [5.74, 6) is 0. The number of anilines is 3. The molecule has 0 atom stereocenters. The number of benzene rings is 9. The molecule has 0 saturated heterocycles. The van der Waals surface area contributed by atoms with Gasteiger partial charge in [-0.3, -0.25) is 0 Å². The number of nitrogens with zero attached hydrogens (tertiary/aromatic N) is 2. The Labute approximate surface area is 344 Å². The van der Waals surface area contributed by atoms with Crippen molar-refractivity contribution in [1.82, 2.24) is 4.48 Å². The van der Waals surface area contributed by atoms with Gasteiger partial charge in [-0.15, -0.1) is 0 Å². The third-order valence-electron chi connectivity index (χ3n) is 14.5. The largest absolute Gasteiger partial charge is 0.375 e. The summed E-state index contributed by atoms with van der Waals surface area (Å²) in [5.41, 5.74) is 17.5. The highest BCUT2D eigenvalue weighted by Gasteiger charge is 2.55. The molecule has 2 nitrogen and oxygen atoms in total. The third kappa shape index (κ3) is 3.72. The van der Waals surface area contributed by atoms with Crippen molar-refractivity contribution < 1.29 is 0 Å². The molecule has 274 valence electrons. The molecule has 0 unspecified atom stereocenters. The smallest absolute Gasteiger partial charge is 0.333 e. The van der Waals surface area contributed by atoms with Crippen LogP contribution in [0.4, 0.5) is 17.1 Å². The van der Waals surface area contributed by atoms with Crippen LogP contribution < -0.4 is 36.6 Å². The van der Waals surface area contributed by atoms with Gasteiger partial charge in [0.15, 0.2) is 8.07 Å². The van der Waals surface area contributed by atoms with Crippen LogP contribution in [0, 0.1) is 0 Å². The van der Waals surface area contributed by atoms with E-state index in [2.05, 4.69) is 211 Å². The van der Waals surface area contributed by atoms with Gasteiger partial charge in [-0.1, -0.05) is 178 Å². The molecule has 0 fully saturated rings. The summed E-state index contributed by atoms with van der Waals surface area (Å²) < 4.78 is 2.75. The fourth-order valence-corrected chi connectivity index (χ4v) is 17.5. The molecular weight excluding hydrogens is 728 g/mol. The molecule has 0 saturated carbocycles. The average molecular weight is 765 g/mol. The molecule has 10 aromatic rings. The number of hydrogen-bond donors (Lipinski definition) is 0. The van der Waals surface area contributed by atoms with Crippen LogP contribution in [0.15, 0.2) is 188 Å². The number of fused-ring (bicyclic) bond motifs is 14. The summed E-state index contributed by atoms with van der Waals surface area (Å²) in [6.07, 6.45) is 0. The average Bonchev–Trinajstić information content (AvgIpc) is 3.73. The SMILES string of the molecule is CC1(C)c2ccccc2-c2cc3c4c(c21)N1c2ccccc2[Si](c2ccccc2)(c2ccccc2)c2cccc(c21)B4n1c2cc4ccccc4cc2c2cccc-3c21. The van der Waals surface area contributed by atoms with Crippen molar-refractivity contribution in [2.24, 2.45) is 0 Å². The van der Waals surface area contributed by atoms with E-state index < -0.39 is 8.07 Å². The van der Waals surface area contributed by atoms with Crippen LogP contribution in [0.5, 0.6) is 0 Å². The van der Waals surface area contributed by atoms with E-state index in [1.165, 1.54) is 115 Å². The molecule has 0 N–H and O–H groups in total. The van der Waals surface area contributed by atoms with Gasteiger partial charge in [-0.05, 0) is 94.5 Å². The Kier molecular flexibility index (Phi) is 5.98. The van der Waals surface area contributed by atoms with Crippen molar-refractivity contribution in [1.29, 1.82) is 0 Å². The molecule has 4 aliphatic rings. The zero-order valence-corrected chi connectivity index (χ0v) is 33.9. The first-order valence-corrected chi connectivity index (χ1v) is 23.0. The van der Waals surface area contributed by atoms with Crippen LogP contribution in [0.3, 0.4) is 0 Å². The van der Waals surface area contributed by atoms with E-state index in [9.17, 15) is 0 Å². The van der Waals surface area contributed by atoms with Crippen molar-refractivity contribution >= 4 is 96.2 Å². The summed E-state index contributed by atoms with van der Waals surface area (Å²) in [5, 5.41) is 10.9. The predicted octanol–water partition coefficient (Wildman–Crippen LogP) is 9.36. The van der Waals surface area contributed by atoms with E-state index >= 15 is 0 Å². The molecule has 59 heavy (non-hydrogen) atoms. The molecule has 4 heteroatoms. The predicted molar refractivity (Wildman–Crippen MR) is 252 cm³/mol. The Morgan fingerprint density at radius 3 is 1.93 bits per heavy atom.